The van der Waals surface area contributed by atoms with E-state index in [1.807, 2.05) is 19.4 Å². The van der Waals surface area contributed by atoms with Crippen molar-refractivity contribution in [3.8, 4) is 0 Å². The number of nitrogens with one attached hydrogen (secondary N) is 1. The number of aromatic nitrogens is 2. The number of nitrogens with zero attached hydrogens (tertiary/aromatic N) is 2. The molecule has 0 bridgehead atoms. The van der Waals surface area contributed by atoms with Crippen LogP contribution in [0.25, 0.3) is 0 Å². The van der Waals surface area contributed by atoms with Gasteiger partial charge in [0.05, 0.1) is 0 Å². The minimum Gasteiger partial charge on any atom is -0.335 e. The molecule has 3 nitrogen and oxygen atoms in total. The predicted molar refractivity (Wildman–Crippen MR) is 79.3 cm³/mol. The Labute approximate surface area is 115 Å². The topological polar surface area (TPSA) is 29.9 Å². The third-order valence-electron chi connectivity index (χ3n) is 3.81. The van der Waals surface area contributed by atoms with Crippen LogP contribution in [0.15, 0.2) is 30.6 Å². The maximum absolute atomic E-state index is 4.46. The van der Waals surface area contributed by atoms with Gasteiger partial charge in [0.15, 0.2) is 0 Å². The van der Waals surface area contributed by atoms with Crippen molar-refractivity contribution in [3.63, 3.8) is 0 Å². The highest BCUT2D eigenvalue weighted by Crippen LogP contribution is 2.20. The molecule has 19 heavy (non-hydrogen) atoms. The Morgan fingerprint density at radius 2 is 2.05 bits per heavy atom. The summed E-state index contributed by atoms with van der Waals surface area (Å²) in [7, 11) is 2.01. The normalized spacial score (nSPS) is 12.6. The fourth-order valence-electron chi connectivity index (χ4n) is 2.37. The van der Waals surface area contributed by atoms with Crippen LogP contribution in [-0.2, 0) is 13.0 Å². The highest BCUT2D eigenvalue weighted by atomic mass is 15.1. The lowest BCUT2D eigenvalue weighted by Crippen LogP contribution is -2.21. The van der Waals surface area contributed by atoms with E-state index in [0.717, 1.165) is 18.8 Å². The van der Waals surface area contributed by atoms with Crippen molar-refractivity contribution in [1.82, 2.24) is 14.9 Å². The standard InChI is InChI=1S/C16H23N3/c1-5-19-9-8-18-16(19)11-15(17-4)14-7-6-12(2)13(3)10-14/h6-10,15,17H,5,11H2,1-4H3. The second-order valence-electron chi connectivity index (χ2n) is 5.02. The summed E-state index contributed by atoms with van der Waals surface area (Å²) in [5.74, 6) is 1.14. The molecule has 1 heterocycles. The van der Waals surface area contributed by atoms with Gasteiger partial charge in [0, 0.05) is 31.4 Å². The van der Waals surface area contributed by atoms with Crippen LogP contribution in [0.3, 0.4) is 0 Å². The number of aryl methyl sites for hydroxylation is 3. The molecule has 1 aromatic carbocycles. The van der Waals surface area contributed by atoms with Crippen LogP contribution in [0.1, 0.15) is 35.5 Å². The van der Waals surface area contributed by atoms with E-state index in [2.05, 4.69) is 53.8 Å². The van der Waals surface area contributed by atoms with E-state index in [-0.39, 0.29) is 0 Å². The fourth-order valence-corrected chi connectivity index (χ4v) is 2.37. The average Bonchev–Trinajstić information content (AvgIpc) is 2.86. The molecule has 0 aliphatic heterocycles. The number of rotatable bonds is 5. The number of hydrogen-bond donors (Lipinski definition) is 1. The fraction of sp³-hybridized carbons (Fsp3) is 0.438. The van der Waals surface area contributed by atoms with Gasteiger partial charge in [-0.25, -0.2) is 4.98 Å². The van der Waals surface area contributed by atoms with Gasteiger partial charge in [0.2, 0.25) is 0 Å². The summed E-state index contributed by atoms with van der Waals surface area (Å²) in [5.41, 5.74) is 4.02. The van der Waals surface area contributed by atoms with Crippen molar-refractivity contribution >= 4 is 0 Å². The Balaban J connectivity index is 2.22. The molecule has 0 aliphatic rings. The molecule has 0 amide bonds. The van der Waals surface area contributed by atoms with Crippen molar-refractivity contribution in [1.29, 1.82) is 0 Å². The molecular weight excluding hydrogens is 234 g/mol. The second-order valence-corrected chi connectivity index (χ2v) is 5.02. The molecule has 102 valence electrons. The van der Waals surface area contributed by atoms with E-state index in [4.69, 9.17) is 0 Å². The van der Waals surface area contributed by atoms with Gasteiger partial charge in [-0.1, -0.05) is 18.2 Å². The Hall–Kier alpha value is -1.61. The first kappa shape index (κ1) is 13.8. The SMILES string of the molecule is CCn1ccnc1CC(NC)c1ccc(C)c(C)c1. The maximum Gasteiger partial charge on any atom is 0.110 e. The minimum atomic E-state index is 0.312. The Morgan fingerprint density at radius 3 is 2.68 bits per heavy atom. The lowest BCUT2D eigenvalue weighted by molar-refractivity contribution is 0.552. The van der Waals surface area contributed by atoms with E-state index >= 15 is 0 Å². The van der Waals surface area contributed by atoms with E-state index in [1.54, 1.807) is 0 Å². The second kappa shape index (κ2) is 6.02. The lowest BCUT2D eigenvalue weighted by Gasteiger charge is -2.18. The highest BCUT2D eigenvalue weighted by molar-refractivity contribution is 5.32. The van der Waals surface area contributed by atoms with Crippen molar-refractivity contribution in [2.45, 2.75) is 39.8 Å². The maximum atomic E-state index is 4.46. The van der Waals surface area contributed by atoms with Crippen LogP contribution in [-0.4, -0.2) is 16.6 Å². The molecule has 0 fully saturated rings. The molecule has 1 aromatic heterocycles. The smallest absolute Gasteiger partial charge is 0.110 e. The molecule has 0 saturated carbocycles. The van der Waals surface area contributed by atoms with Gasteiger partial charge in [0.25, 0.3) is 0 Å². The number of benzene rings is 1. The number of imidazole rings is 1. The molecule has 0 saturated heterocycles. The monoisotopic (exact) mass is 257 g/mol. The van der Waals surface area contributed by atoms with Crippen LogP contribution in [0, 0.1) is 13.8 Å². The molecule has 0 aliphatic carbocycles. The van der Waals surface area contributed by atoms with Gasteiger partial charge >= 0.3 is 0 Å². The Kier molecular flexibility index (Phi) is 4.38. The van der Waals surface area contributed by atoms with Crippen LogP contribution in [0.2, 0.25) is 0 Å². The van der Waals surface area contributed by atoms with Crippen LogP contribution in [0.4, 0.5) is 0 Å². The quantitative estimate of drug-likeness (QED) is 0.892. The first-order chi connectivity index (χ1) is 9.15. The molecule has 1 unspecified atom stereocenters. The summed E-state index contributed by atoms with van der Waals surface area (Å²) in [6, 6.07) is 6.99. The van der Waals surface area contributed by atoms with E-state index < -0.39 is 0 Å². The molecular formula is C16H23N3. The Bertz CT molecular complexity index is 543. The summed E-state index contributed by atoms with van der Waals surface area (Å²) in [6.07, 6.45) is 4.84. The van der Waals surface area contributed by atoms with Crippen molar-refractivity contribution in [3.05, 3.63) is 53.1 Å². The van der Waals surface area contributed by atoms with Gasteiger partial charge in [-0.15, -0.1) is 0 Å². The third-order valence-corrected chi connectivity index (χ3v) is 3.81. The summed E-state index contributed by atoms with van der Waals surface area (Å²) >= 11 is 0. The molecule has 1 N–H and O–H groups in total. The zero-order valence-electron chi connectivity index (χ0n) is 12.3. The molecule has 2 rings (SSSR count). The zero-order chi connectivity index (χ0) is 13.8. The molecule has 3 heteroatoms. The van der Waals surface area contributed by atoms with Crippen molar-refractivity contribution in [2.75, 3.05) is 7.05 Å². The van der Waals surface area contributed by atoms with Gasteiger partial charge in [-0.2, -0.15) is 0 Å². The van der Waals surface area contributed by atoms with Crippen LogP contribution < -0.4 is 5.32 Å². The third kappa shape index (κ3) is 3.04. The van der Waals surface area contributed by atoms with Crippen molar-refractivity contribution in [2.24, 2.45) is 0 Å². The first-order valence-corrected chi connectivity index (χ1v) is 6.90. The predicted octanol–water partition coefficient (Wildman–Crippen LogP) is 3.02. The lowest BCUT2D eigenvalue weighted by atomic mass is 9.99. The minimum absolute atomic E-state index is 0.312. The van der Waals surface area contributed by atoms with Gasteiger partial charge in [-0.3, -0.25) is 0 Å². The van der Waals surface area contributed by atoms with Crippen LogP contribution >= 0.6 is 0 Å². The van der Waals surface area contributed by atoms with E-state index in [1.165, 1.54) is 16.7 Å². The van der Waals surface area contributed by atoms with Crippen LogP contribution in [0.5, 0.6) is 0 Å². The van der Waals surface area contributed by atoms with E-state index in [9.17, 15) is 0 Å². The highest BCUT2D eigenvalue weighted by Gasteiger charge is 2.13. The zero-order valence-corrected chi connectivity index (χ0v) is 12.3. The summed E-state index contributed by atoms with van der Waals surface area (Å²) in [4.78, 5) is 4.46. The molecule has 0 spiro atoms. The Morgan fingerprint density at radius 1 is 1.26 bits per heavy atom. The summed E-state index contributed by atoms with van der Waals surface area (Å²) < 4.78 is 2.20. The van der Waals surface area contributed by atoms with Crippen molar-refractivity contribution < 1.29 is 0 Å². The van der Waals surface area contributed by atoms with Gasteiger partial charge < -0.3 is 9.88 Å². The average molecular weight is 257 g/mol. The van der Waals surface area contributed by atoms with Gasteiger partial charge in [-0.05, 0) is 44.5 Å². The van der Waals surface area contributed by atoms with E-state index in [0.29, 0.717) is 6.04 Å². The summed E-state index contributed by atoms with van der Waals surface area (Å²) in [6.45, 7) is 7.43. The molecule has 2 aromatic rings. The summed E-state index contributed by atoms with van der Waals surface area (Å²) in [5, 5.41) is 3.40. The molecule has 0 radical (unpaired) electrons. The number of likely N-dealkylation sites (N-methyl/N-ethyl adjacent to an activating group) is 1. The number of hydrogen-bond acceptors (Lipinski definition) is 2. The molecule has 1 atom stereocenters. The largest absolute Gasteiger partial charge is 0.335 e. The van der Waals surface area contributed by atoms with Gasteiger partial charge in [0.1, 0.15) is 5.82 Å². The first-order valence-electron chi connectivity index (χ1n) is 6.90.